The van der Waals surface area contributed by atoms with Crippen LogP contribution in [0.15, 0.2) is 54.6 Å². The van der Waals surface area contributed by atoms with Crippen LogP contribution in [0.1, 0.15) is 42.0 Å². The smallest absolute Gasteiger partial charge is 0.345 e. The summed E-state index contributed by atoms with van der Waals surface area (Å²) in [7, 11) is 0. The number of fused-ring (bicyclic) bond motifs is 3. The monoisotopic (exact) mass is 337 g/mol. The Morgan fingerprint density at radius 3 is 2.24 bits per heavy atom. The molecular formula is C21H23NO3. The van der Waals surface area contributed by atoms with Crippen LogP contribution in [0.3, 0.4) is 0 Å². The minimum atomic E-state index is -2.03. The molecule has 5 rings (SSSR count). The van der Waals surface area contributed by atoms with Gasteiger partial charge in [-0.25, -0.2) is 4.79 Å². The zero-order chi connectivity index (χ0) is 17.4. The molecule has 4 nitrogen and oxygen atoms in total. The second kappa shape index (κ2) is 6.28. The van der Waals surface area contributed by atoms with Crippen molar-refractivity contribution in [2.24, 2.45) is 5.92 Å². The third-order valence-corrected chi connectivity index (χ3v) is 5.86. The highest BCUT2D eigenvalue weighted by Crippen LogP contribution is 2.44. The molecule has 130 valence electrons. The summed E-state index contributed by atoms with van der Waals surface area (Å²) in [5, 5.41) is 21.2. The van der Waals surface area contributed by atoms with E-state index in [0.29, 0.717) is 17.0 Å². The van der Waals surface area contributed by atoms with Gasteiger partial charge < -0.3 is 10.2 Å². The van der Waals surface area contributed by atoms with Gasteiger partial charge in [-0.05, 0) is 49.4 Å². The lowest BCUT2D eigenvalue weighted by Gasteiger charge is -2.46. The van der Waals surface area contributed by atoms with Crippen molar-refractivity contribution in [1.82, 2.24) is 4.90 Å². The Kier molecular flexibility index (Phi) is 4.10. The van der Waals surface area contributed by atoms with Gasteiger partial charge in [0.1, 0.15) is 0 Å². The normalized spacial score (nSPS) is 27.6. The molecule has 3 heterocycles. The average Bonchev–Trinajstić information content (AvgIpc) is 2.68. The zero-order valence-corrected chi connectivity index (χ0v) is 14.1. The average molecular weight is 337 g/mol. The fraction of sp³-hybridized carbons (Fsp3) is 0.381. The fourth-order valence-electron chi connectivity index (χ4n) is 4.48. The number of carboxylic acid groups (broad SMARTS) is 1. The molecule has 0 aromatic heterocycles. The number of piperidine rings is 3. The van der Waals surface area contributed by atoms with Crippen LogP contribution < -0.4 is 0 Å². The Morgan fingerprint density at radius 2 is 1.64 bits per heavy atom. The van der Waals surface area contributed by atoms with Gasteiger partial charge in [-0.2, -0.15) is 0 Å². The van der Waals surface area contributed by atoms with E-state index < -0.39 is 11.6 Å². The van der Waals surface area contributed by atoms with Crippen molar-refractivity contribution < 1.29 is 15.0 Å². The maximum Gasteiger partial charge on any atom is 0.345 e. The SMILES string of the molecule is O=C(O)C(O)(c1ccccc1)c1ccccc1C1CC2CCN1CC2. The summed E-state index contributed by atoms with van der Waals surface area (Å²) >= 11 is 0. The molecule has 4 heteroatoms. The Hall–Kier alpha value is -2.17. The molecule has 3 fully saturated rings. The van der Waals surface area contributed by atoms with Crippen LogP contribution in [0.2, 0.25) is 0 Å². The van der Waals surface area contributed by atoms with Crippen LogP contribution in [0, 0.1) is 5.92 Å². The minimum absolute atomic E-state index is 0.193. The van der Waals surface area contributed by atoms with Gasteiger partial charge in [-0.15, -0.1) is 0 Å². The van der Waals surface area contributed by atoms with Crippen molar-refractivity contribution in [1.29, 1.82) is 0 Å². The second-order valence-corrected chi connectivity index (χ2v) is 7.20. The Balaban J connectivity index is 1.83. The van der Waals surface area contributed by atoms with Gasteiger partial charge in [0.25, 0.3) is 0 Å². The van der Waals surface area contributed by atoms with Gasteiger partial charge in [0.05, 0.1) is 0 Å². The topological polar surface area (TPSA) is 60.8 Å². The molecule has 3 aliphatic heterocycles. The van der Waals surface area contributed by atoms with Crippen molar-refractivity contribution in [3.05, 3.63) is 71.3 Å². The highest BCUT2D eigenvalue weighted by molar-refractivity contribution is 5.84. The van der Waals surface area contributed by atoms with E-state index in [1.807, 2.05) is 24.3 Å². The lowest BCUT2D eigenvalue weighted by molar-refractivity contribution is -0.155. The van der Waals surface area contributed by atoms with Crippen LogP contribution >= 0.6 is 0 Å². The lowest BCUT2D eigenvalue weighted by Crippen LogP contribution is -2.45. The number of hydrogen-bond donors (Lipinski definition) is 2. The molecule has 0 aliphatic carbocycles. The third kappa shape index (κ3) is 2.66. The number of aliphatic carboxylic acids is 1. The largest absolute Gasteiger partial charge is 0.479 e. The van der Waals surface area contributed by atoms with Gasteiger partial charge in [0.15, 0.2) is 0 Å². The molecule has 2 aromatic carbocycles. The van der Waals surface area contributed by atoms with E-state index in [0.717, 1.165) is 25.1 Å². The van der Waals surface area contributed by atoms with E-state index in [4.69, 9.17) is 0 Å². The molecule has 2 N–H and O–H groups in total. The highest BCUT2D eigenvalue weighted by atomic mass is 16.4. The number of nitrogens with zero attached hydrogens (tertiary/aromatic N) is 1. The molecule has 0 saturated carbocycles. The molecule has 3 aliphatic rings. The summed E-state index contributed by atoms with van der Waals surface area (Å²) in [5.41, 5.74) is -0.201. The number of aliphatic hydroxyl groups is 1. The van der Waals surface area contributed by atoms with Gasteiger partial charge >= 0.3 is 5.97 Å². The van der Waals surface area contributed by atoms with E-state index in [-0.39, 0.29) is 6.04 Å². The molecule has 25 heavy (non-hydrogen) atoms. The summed E-state index contributed by atoms with van der Waals surface area (Å²) in [6.45, 7) is 2.11. The number of benzene rings is 2. The summed E-state index contributed by atoms with van der Waals surface area (Å²) in [6.07, 6.45) is 3.49. The van der Waals surface area contributed by atoms with Crippen molar-refractivity contribution in [3.63, 3.8) is 0 Å². The second-order valence-electron chi connectivity index (χ2n) is 7.20. The maximum absolute atomic E-state index is 12.2. The van der Waals surface area contributed by atoms with Crippen molar-refractivity contribution in [3.8, 4) is 0 Å². The highest BCUT2D eigenvalue weighted by Gasteiger charge is 2.44. The van der Waals surface area contributed by atoms with E-state index in [1.165, 1.54) is 12.8 Å². The van der Waals surface area contributed by atoms with Crippen LogP contribution in [0.4, 0.5) is 0 Å². The standard InChI is InChI=1S/C21H23NO3/c23-20(24)21(25,16-6-2-1-3-7-16)18-9-5-4-8-17(18)19-14-15-10-12-22(19)13-11-15/h1-9,15,19,25H,10-14H2,(H,23,24). The summed E-state index contributed by atoms with van der Waals surface area (Å²) in [5.74, 6) is -0.528. The zero-order valence-electron chi connectivity index (χ0n) is 14.1. The molecule has 2 bridgehead atoms. The summed E-state index contributed by atoms with van der Waals surface area (Å²) < 4.78 is 0. The molecule has 2 aromatic rings. The van der Waals surface area contributed by atoms with Crippen LogP contribution in [0.5, 0.6) is 0 Å². The number of hydrogen-bond acceptors (Lipinski definition) is 3. The first-order valence-electron chi connectivity index (χ1n) is 8.95. The van der Waals surface area contributed by atoms with Gasteiger partial charge in [-0.1, -0.05) is 54.6 Å². The van der Waals surface area contributed by atoms with E-state index in [1.54, 1.807) is 30.3 Å². The van der Waals surface area contributed by atoms with Gasteiger partial charge in [0, 0.05) is 11.6 Å². The molecule has 0 spiro atoms. The predicted molar refractivity (Wildman–Crippen MR) is 95.2 cm³/mol. The quantitative estimate of drug-likeness (QED) is 0.900. The molecule has 0 radical (unpaired) electrons. The first-order valence-corrected chi connectivity index (χ1v) is 8.95. The number of rotatable bonds is 4. The van der Waals surface area contributed by atoms with Crippen molar-refractivity contribution in [2.75, 3.05) is 13.1 Å². The Morgan fingerprint density at radius 1 is 1.00 bits per heavy atom. The molecule has 0 amide bonds. The Labute approximate surface area is 147 Å². The molecule has 3 saturated heterocycles. The first kappa shape index (κ1) is 16.3. The van der Waals surface area contributed by atoms with E-state index in [9.17, 15) is 15.0 Å². The minimum Gasteiger partial charge on any atom is -0.479 e. The summed E-state index contributed by atoms with van der Waals surface area (Å²) in [4.78, 5) is 14.6. The molecule has 2 unspecified atom stereocenters. The van der Waals surface area contributed by atoms with Crippen molar-refractivity contribution >= 4 is 5.97 Å². The van der Waals surface area contributed by atoms with Crippen LogP contribution in [0.25, 0.3) is 0 Å². The van der Waals surface area contributed by atoms with Gasteiger partial charge in [0.2, 0.25) is 5.60 Å². The molecular weight excluding hydrogens is 314 g/mol. The first-order chi connectivity index (χ1) is 12.1. The van der Waals surface area contributed by atoms with Crippen LogP contribution in [-0.2, 0) is 10.4 Å². The Bertz CT molecular complexity index is 768. The molecule has 2 atom stereocenters. The van der Waals surface area contributed by atoms with Gasteiger partial charge in [-0.3, -0.25) is 4.90 Å². The fourth-order valence-corrected chi connectivity index (χ4v) is 4.48. The predicted octanol–water partition coefficient (Wildman–Crippen LogP) is 3.16. The third-order valence-electron chi connectivity index (χ3n) is 5.86. The number of carbonyl (C=O) groups is 1. The van der Waals surface area contributed by atoms with E-state index >= 15 is 0 Å². The summed E-state index contributed by atoms with van der Waals surface area (Å²) in [6, 6.07) is 16.4. The van der Waals surface area contributed by atoms with Crippen LogP contribution in [-0.4, -0.2) is 34.2 Å². The lowest BCUT2D eigenvalue weighted by atomic mass is 9.76. The van der Waals surface area contributed by atoms with Crippen molar-refractivity contribution in [2.45, 2.75) is 30.9 Å². The maximum atomic E-state index is 12.2. The number of carboxylic acids is 1. The van der Waals surface area contributed by atoms with E-state index in [2.05, 4.69) is 4.90 Å².